The molecule has 3 aromatic heterocycles. The number of hydrogen-bond acceptors (Lipinski definition) is 6. The van der Waals surface area contributed by atoms with E-state index >= 15 is 0 Å². The average molecular weight is 442 g/mol. The highest BCUT2D eigenvalue weighted by molar-refractivity contribution is 7.21. The summed E-state index contributed by atoms with van der Waals surface area (Å²) >= 11 is 1.58. The Labute approximate surface area is 187 Å². The molecule has 1 aliphatic heterocycles. The highest BCUT2D eigenvalue weighted by Crippen LogP contribution is 2.37. The molecule has 6 rings (SSSR count). The van der Waals surface area contributed by atoms with Crippen LogP contribution in [0.4, 0.5) is 5.69 Å². The molecule has 1 saturated heterocycles. The number of anilines is 1. The maximum Gasteiger partial charge on any atom is 0.232 e. The highest BCUT2D eigenvalue weighted by Gasteiger charge is 2.35. The number of aromatic nitrogens is 4. The molecule has 7 nitrogen and oxygen atoms in total. The van der Waals surface area contributed by atoms with Crippen LogP contribution in [0, 0.1) is 6.92 Å². The molecule has 0 spiro atoms. The summed E-state index contributed by atoms with van der Waals surface area (Å²) in [6.07, 6.45) is 0.366. The molecular formula is C24H19N5O2S. The van der Waals surface area contributed by atoms with Crippen molar-refractivity contribution < 1.29 is 9.32 Å². The van der Waals surface area contributed by atoms with E-state index in [4.69, 9.17) is 4.52 Å². The summed E-state index contributed by atoms with van der Waals surface area (Å²) in [5.74, 6) is 1.01. The first-order chi connectivity index (χ1) is 15.7. The summed E-state index contributed by atoms with van der Waals surface area (Å²) in [6.45, 7) is 2.54. The summed E-state index contributed by atoms with van der Waals surface area (Å²) in [4.78, 5) is 21.0. The normalized spacial score (nSPS) is 16.3. The van der Waals surface area contributed by atoms with Crippen molar-refractivity contribution >= 4 is 33.1 Å². The van der Waals surface area contributed by atoms with Crippen molar-refractivity contribution in [2.24, 2.45) is 0 Å². The van der Waals surface area contributed by atoms with Crippen LogP contribution in [0.15, 0.2) is 71.3 Å². The summed E-state index contributed by atoms with van der Waals surface area (Å²) < 4.78 is 7.55. The number of hydrogen-bond donors (Lipinski definition) is 0. The molecule has 5 aromatic rings. The molecule has 0 radical (unpaired) electrons. The molecule has 2 aromatic carbocycles. The summed E-state index contributed by atoms with van der Waals surface area (Å²) in [6, 6.07) is 21.8. The average Bonchev–Trinajstić information content (AvgIpc) is 3.59. The van der Waals surface area contributed by atoms with Gasteiger partial charge in [0.1, 0.15) is 4.83 Å². The highest BCUT2D eigenvalue weighted by atomic mass is 32.1. The van der Waals surface area contributed by atoms with E-state index in [-0.39, 0.29) is 11.8 Å². The molecule has 1 amide bonds. The molecule has 1 atom stereocenters. The predicted octanol–water partition coefficient (Wildman–Crippen LogP) is 4.97. The summed E-state index contributed by atoms with van der Waals surface area (Å²) in [5.41, 5.74) is 2.86. The predicted molar refractivity (Wildman–Crippen MR) is 123 cm³/mol. The van der Waals surface area contributed by atoms with Crippen molar-refractivity contribution in [2.75, 3.05) is 11.4 Å². The van der Waals surface area contributed by atoms with Gasteiger partial charge in [-0.15, -0.1) is 11.3 Å². The van der Waals surface area contributed by atoms with Gasteiger partial charge in [0.05, 0.1) is 22.2 Å². The third-order valence-electron chi connectivity index (χ3n) is 5.75. The van der Waals surface area contributed by atoms with Crippen LogP contribution < -0.4 is 4.90 Å². The lowest BCUT2D eigenvalue weighted by molar-refractivity contribution is -0.117. The maximum absolute atomic E-state index is 12.6. The lowest BCUT2D eigenvalue weighted by Crippen LogP contribution is -2.24. The molecule has 8 heteroatoms. The van der Waals surface area contributed by atoms with E-state index in [0.29, 0.717) is 24.7 Å². The van der Waals surface area contributed by atoms with Gasteiger partial charge in [0, 0.05) is 24.0 Å². The van der Waals surface area contributed by atoms with Crippen LogP contribution >= 0.6 is 11.3 Å². The molecule has 0 N–H and O–H groups in total. The smallest absolute Gasteiger partial charge is 0.232 e. The van der Waals surface area contributed by atoms with Crippen molar-refractivity contribution in [1.29, 1.82) is 0 Å². The van der Waals surface area contributed by atoms with Gasteiger partial charge in [-0.3, -0.25) is 4.79 Å². The van der Waals surface area contributed by atoms with Crippen LogP contribution in [-0.2, 0) is 4.79 Å². The molecule has 0 saturated carbocycles. The second kappa shape index (κ2) is 7.42. The number of fused-ring (bicyclic) bond motifs is 1. The van der Waals surface area contributed by atoms with E-state index < -0.39 is 0 Å². The Hall–Kier alpha value is -3.78. The fraction of sp³-hybridized carbons (Fsp3) is 0.167. The van der Waals surface area contributed by atoms with Crippen LogP contribution in [0.25, 0.3) is 26.6 Å². The SMILES string of the molecule is Cc1nn(-c2ccccc2)c2sc(-c3noc([C@@H]4CC(=O)N(c5ccccc5)C4)n3)cc12. The number of carbonyl (C=O) groups excluding carboxylic acids is 1. The Balaban J connectivity index is 1.30. The van der Waals surface area contributed by atoms with Gasteiger partial charge in [-0.25, -0.2) is 4.68 Å². The monoisotopic (exact) mass is 441 g/mol. The van der Waals surface area contributed by atoms with E-state index in [1.54, 1.807) is 16.2 Å². The number of rotatable bonds is 4. The minimum atomic E-state index is -0.111. The van der Waals surface area contributed by atoms with Gasteiger partial charge in [0.25, 0.3) is 0 Å². The molecule has 1 aliphatic rings. The number of carbonyl (C=O) groups is 1. The van der Waals surface area contributed by atoms with Gasteiger partial charge >= 0.3 is 0 Å². The van der Waals surface area contributed by atoms with E-state index in [1.807, 2.05) is 72.3 Å². The van der Waals surface area contributed by atoms with Gasteiger partial charge in [0.2, 0.25) is 17.6 Å². The lowest BCUT2D eigenvalue weighted by atomic mass is 10.1. The summed E-state index contributed by atoms with van der Waals surface area (Å²) in [7, 11) is 0. The zero-order valence-corrected chi connectivity index (χ0v) is 18.1. The summed E-state index contributed by atoms with van der Waals surface area (Å²) in [5, 5.41) is 9.99. The number of aryl methyl sites for hydroxylation is 1. The van der Waals surface area contributed by atoms with Gasteiger partial charge in [-0.05, 0) is 37.3 Å². The molecular weight excluding hydrogens is 422 g/mol. The van der Waals surface area contributed by atoms with Crippen molar-refractivity contribution in [3.8, 4) is 16.4 Å². The molecule has 32 heavy (non-hydrogen) atoms. The zero-order valence-electron chi connectivity index (χ0n) is 17.3. The van der Waals surface area contributed by atoms with Crippen LogP contribution in [0.3, 0.4) is 0 Å². The van der Waals surface area contributed by atoms with Crippen molar-refractivity contribution in [3.05, 3.63) is 78.3 Å². The quantitative estimate of drug-likeness (QED) is 0.394. The van der Waals surface area contributed by atoms with Crippen LogP contribution in [0.5, 0.6) is 0 Å². The Morgan fingerprint density at radius 3 is 2.50 bits per heavy atom. The minimum Gasteiger partial charge on any atom is -0.339 e. The standard InChI is InChI=1S/C24H19N5O2S/c1-15-19-13-20(32-24(19)29(26-15)18-10-6-3-7-11-18)22-25-23(31-27-22)16-12-21(30)28(14-16)17-8-4-2-5-9-17/h2-11,13,16H,12,14H2,1H3/t16-/m1/s1. The fourth-order valence-corrected chi connectivity index (χ4v) is 5.24. The third kappa shape index (κ3) is 3.11. The van der Waals surface area contributed by atoms with E-state index in [0.717, 1.165) is 32.2 Å². The number of para-hydroxylation sites is 2. The number of nitrogens with zero attached hydrogens (tertiary/aromatic N) is 5. The second-order valence-corrected chi connectivity index (χ2v) is 8.89. The van der Waals surface area contributed by atoms with Crippen molar-refractivity contribution in [2.45, 2.75) is 19.3 Å². The first-order valence-electron chi connectivity index (χ1n) is 10.4. The van der Waals surface area contributed by atoms with E-state index in [2.05, 4.69) is 21.3 Å². The third-order valence-corrected chi connectivity index (χ3v) is 6.86. The molecule has 158 valence electrons. The van der Waals surface area contributed by atoms with Gasteiger partial charge in [0.15, 0.2) is 0 Å². The van der Waals surface area contributed by atoms with Crippen molar-refractivity contribution in [1.82, 2.24) is 19.9 Å². The molecule has 0 unspecified atom stereocenters. The number of thiophene rings is 1. The van der Waals surface area contributed by atoms with E-state index in [9.17, 15) is 4.79 Å². The minimum absolute atomic E-state index is 0.0707. The number of amides is 1. The Bertz CT molecular complexity index is 1420. The largest absolute Gasteiger partial charge is 0.339 e. The van der Waals surface area contributed by atoms with Crippen molar-refractivity contribution in [3.63, 3.8) is 0 Å². The van der Waals surface area contributed by atoms with Gasteiger partial charge < -0.3 is 9.42 Å². The maximum atomic E-state index is 12.6. The molecule has 4 heterocycles. The zero-order chi connectivity index (χ0) is 21.7. The first kappa shape index (κ1) is 18.9. The van der Waals surface area contributed by atoms with Crippen LogP contribution in [0.1, 0.15) is 23.9 Å². The Kier molecular flexibility index (Phi) is 4.39. The van der Waals surface area contributed by atoms with Gasteiger partial charge in [-0.1, -0.05) is 41.6 Å². The molecule has 1 fully saturated rings. The van der Waals surface area contributed by atoms with E-state index in [1.165, 1.54) is 0 Å². The van der Waals surface area contributed by atoms with Crippen LogP contribution in [0.2, 0.25) is 0 Å². The fourth-order valence-electron chi connectivity index (χ4n) is 4.13. The topological polar surface area (TPSA) is 77.0 Å². The van der Waals surface area contributed by atoms with Gasteiger partial charge in [-0.2, -0.15) is 10.1 Å². The van der Waals surface area contributed by atoms with Crippen LogP contribution in [-0.4, -0.2) is 32.4 Å². The molecule has 0 aliphatic carbocycles. The molecule has 0 bridgehead atoms. The second-order valence-electron chi connectivity index (χ2n) is 7.86. The first-order valence-corrected chi connectivity index (χ1v) is 11.2. The lowest BCUT2D eigenvalue weighted by Gasteiger charge is -2.15. The Morgan fingerprint density at radius 1 is 1.03 bits per heavy atom. The Morgan fingerprint density at radius 2 is 1.75 bits per heavy atom. The number of benzene rings is 2.